The van der Waals surface area contributed by atoms with Gasteiger partial charge < -0.3 is 0 Å². The minimum atomic E-state index is -0.0548. The van der Waals surface area contributed by atoms with Gasteiger partial charge in [0.25, 0.3) is 0 Å². The van der Waals surface area contributed by atoms with Crippen molar-refractivity contribution in [2.24, 2.45) is 5.92 Å². The number of ketones is 1. The lowest BCUT2D eigenvalue weighted by Gasteiger charge is -2.24. The molecule has 106 valence electrons. The summed E-state index contributed by atoms with van der Waals surface area (Å²) in [6, 6.07) is 5.92. The van der Waals surface area contributed by atoms with E-state index in [0.29, 0.717) is 5.92 Å². The lowest BCUT2D eigenvalue weighted by atomic mass is 9.99. The maximum Gasteiger partial charge on any atom is 0.179 e. The van der Waals surface area contributed by atoms with Crippen LogP contribution in [0.5, 0.6) is 0 Å². The van der Waals surface area contributed by atoms with E-state index in [9.17, 15) is 4.79 Å². The first-order valence-corrected chi connectivity index (χ1v) is 7.14. The second-order valence-corrected chi connectivity index (χ2v) is 6.00. The number of nitrogens with zero attached hydrogens (tertiary/aromatic N) is 1. The molecule has 0 bridgehead atoms. The third-order valence-electron chi connectivity index (χ3n) is 3.89. The molecule has 0 amide bonds. The zero-order chi connectivity index (χ0) is 14.6. The van der Waals surface area contributed by atoms with E-state index in [2.05, 4.69) is 32.6 Å². The van der Waals surface area contributed by atoms with Crippen molar-refractivity contribution in [2.45, 2.75) is 47.1 Å². The third kappa shape index (κ3) is 4.46. The van der Waals surface area contributed by atoms with Crippen molar-refractivity contribution in [1.29, 1.82) is 0 Å². The number of hydrogen-bond donors (Lipinski definition) is 0. The zero-order valence-electron chi connectivity index (χ0n) is 13.2. The molecule has 0 fully saturated rings. The van der Waals surface area contributed by atoms with Crippen LogP contribution in [0.25, 0.3) is 0 Å². The van der Waals surface area contributed by atoms with Crippen molar-refractivity contribution in [3.63, 3.8) is 0 Å². The van der Waals surface area contributed by atoms with E-state index >= 15 is 0 Å². The first kappa shape index (κ1) is 15.9. The molecule has 19 heavy (non-hydrogen) atoms. The van der Waals surface area contributed by atoms with Gasteiger partial charge in [-0.25, -0.2) is 0 Å². The maximum absolute atomic E-state index is 12.5. The monoisotopic (exact) mass is 261 g/mol. The van der Waals surface area contributed by atoms with Crippen LogP contribution in [-0.4, -0.2) is 30.3 Å². The normalized spacial score (nSPS) is 13.1. The van der Waals surface area contributed by atoms with Gasteiger partial charge in [-0.1, -0.05) is 26.0 Å². The summed E-state index contributed by atoms with van der Waals surface area (Å²) in [6.07, 6.45) is 1.13. The van der Waals surface area contributed by atoms with E-state index in [4.69, 9.17) is 0 Å². The van der Waals surface area contributed by atoms with Crippen LogP contribution in [0.2, 0.25) is 0 Å². The fourth-order valence-corrected chi connectivity index (χ4v) is 1.99. The van der Waals surface area contributed by atoms with Crippen LogP contribution in [0.1, 0.15) is 48.7 Å². The van der Waals surface area contributed by atoms with E-state index < -0.39 is 0 Å². The highest BCUT2D eigenvalue weighted by molar-refractivity contribution is 6.00. The van der Waals surface area contributed by atoms with Crippen molar-refractivity contribution in [2.75, 3.05) is 13.6 Å². The van der Waals surface area contributed by atoms with E-state index in [1.807, 2.05) is 32.2 Å². The maximum atomic E-state index is 12.5. The molecule has 2 nitrogen and oxygen atoms in total. The molecule has 0 saturated heterocycles. The minimum Gasteiger partial charge on any atom is -0.297 e. The summed E-state index contributed by atoms with van der Waals surface area (Å²) in [6.45, 7) is 11.5. The van der Waals surface area contributed by atoms with Gasteiger partial charge in [-0.3, -0.25) is 9.69 Å². The van der Waals surface area contributed by atoms with E-state index in [0.717, 1.165) is 18.5 Å². The summed E-state index contributed by atoms with van der Waals surface area (Å²) in [5, 5.41) is 0. The topological polar surface area (TPSA) is 20.3 Å². The number of rotatable bonds is 6. The summed E-state index contributed by atoms with van der Waals surface area (Å²) in [5.41, 5.74) is 3.24. The highest BCUT2D eigenvalue weighted by atomic mass is 16.1. The van der Waals surface area contributed by atoms with Gasteiger partial charge in [0.2, 0.25) is 0 Å². The zero-order valence-corrected chi connectivity index (χ0v) is 13.2. The van der Waals surface area contributed by atoms with E-state index in [1.165, 1.54) is 11.1 Å². The molecular weight excluding hydrogens is 234 g/mol. The molecule has 0 N–H and O–H groups in total. The van der Waals surface area contributed by atoms with Crippen molar-refractivity contribution in [1.82, 2.24) is 4.90 Å². The summed E-state index contributed by atoms with van der Waals surface area (Å²) in [7, 11) is 2.03. The van der Waals surface area contributed by atoms with E-state index in [-0.39, 0.29) is 11.8 Å². The molecule has 1 aromatic carbocycles. The summed E-state index contributed by atoms with van der Waals surface area (Å²) < 4.78 is 0. The quantitative estimate of drug-likeness (QED) is 0.725. The Bertz CT molecular complexity index is 437. The number of likely N-dealkylation sites (N-methyl/N-ethyl adjacent to an activating group) is 1. The van der Waals surface area contributed by atoms with Gasteiger partial charge in [-0.05, 0) is 63.9 Å². The van der Waals surface area contributed by atoms with Crippen molar-refractivity contribution < 1.29 is 4.79 Å². The Hall–Kier alpha value is -1.15. The first-order chi connectivity index (χ1) is 8.82. The SMILES string of the molecule is Cc1ccc(C(=O)C(C)N(C)CCC(C)C)cc1C. The number of hydrogen-bond acceptors (Lipinski definition) is 2. The molecule has 0 aromatic heterocycles. The summed E-state index contributed by atoms with van der Waals surface area (Å²) >= 11 is 0. The molecule has 0 aliphatic heterocycles. The van der Waals surface area contributed by atoms with Gasteiger partial charge in [0.05, 0.1) is 6.04 Å². The standard InChI is InChI=1S/C17H27NO/c1-12(2)9-10-18(6)15(5)17(19)16-8-7-13(3)14(4)11-16/h7-8,11-12,15H,9-10H2,1-6H3. The Morgan fingerprint density at radius 2 is 1.79 bits per heavy atom. The van der Waals surface area contributed by atoms with Gasteiger partial charge >= 0.3 is 0 Å². The molecule has 0 heterocycles. The predicted octanol–water partition coefficient (Wildman–Crippen LogP) is 3.85. The summed E-state index contributed by atoms with van der Waals surface area (Å²) in [4.78, 5) is 14.6. The van der Waals surface area contributed by atoms with E-state index in [1.54, 1.807) is 0 Å². The third-order valence-corrected chi connectivity index (χ3v) is 3.89. The van der Waals surface area contributed by atoms with Gasteiger partial charge in [0, 0.05) is 5.56 Å². The van der Waals surface area contributed by atoms with Crippen LogP contribution < -0.4 is 0 Å². The molecule has 0 radical (unpaired) electrons. The summed E-state index contributed by atoms with van der Waals surface area (Å²) in [5.74, 6) is 0.890. The predicted molar refractivity (Wildman–Crippen MR) is 81.8 cm³/mol. The van der Waals surface area contributed by atoms with Crippen LogP contribution in [-0.2, 0) is 0 Å². The Balaban J connectivity index is 2.72. The largest absolute Gasteiger partial charge is 0.297 e. The molecule has 0 aliphatic rings. The fourth-order valence-electron chi connectivity index (χ4n) is 1.99. The minimum absolute atomic E-state index is 0.0548. The molecule has 1 unspecified atom stereocenters. The van der Waals surface area contributed by atoms with Gasteiger partial charge in [-0.15, -0.1) is 0 Å². The lowest BCUT2D eigenvalue weighted by molar-refractivity contribution is 0.0864. The molecule has 2 heteroatoms. The number of aryl methyl sites for hydroxylation is 2. The van der Waals surface area contributed by atoms with Crippen molar-refractivity contribution in [3.05, 3.63) is 34.9 Å². The molecule has 1 aromatic rings. The second kappa shape index (κ2) is 6.85. The van der Waals surface area contributed by atoms with Crippen LogP contribution >= 0.6 is 0 Å². The number of Topliss-reactive ketones (excluding diaryl/α,β-unsaturated/α-hetero) is 1. The van der Waals surface area contributed by atoms with Gasteiger partial charge in [0.15, 0.2) is 5.78 Å². The van der Waals surface area contributed by atoms with Crippen LogP contribution in [0.15, 0.2) is 18.2 Å². The fraction of sp³-hybridized carbons (Fsp3) is 0.588. The first-order valence-electron chi connectivity index (χ1n) is 7.14. The molecule has 1 atom stereocenters. The average Bonchev–Trinajstić information content (AvgIpc) is 2.37. The Kier molecular flexibility index (Phi) is 5.74. The molecule has 1 rings (SSSR count). The van der Waals surface area contributed by atoms with Gasteiger partial charge in [0.1, 0.15) is 0 Å². The average molecular weight is 261 g/mol. The highest BCUT2D eigenvalue weighted by Gasteiger charge is 2.19. The molecular formula is C17H27NO. The number of carbonyl (C=O) groups is 1. The van der Waals surface area contributed by atoms with Crippen LogP contribution in [0.3, 0.4) is 0 Å². The Morgan fingerprint density at radius 3 is 2.32 bits per heavy atom. The molecule has 0 saturated carbocycles. The molecule has 0 aliphatic carbocycles. The smallest absolute Gasteiger partial charge is 0.179 e. The van der Waals surface area contributed by atoms with Crippen molar-refractivity contribution >= 4 is 5.78 Å². The van der Waals surface area contributed by atoms with Crippen LogP contribution in [0, 0.1) is 19.8 Å². The Morgan fingerprint density at radius 1 is 1.16 bits per heavy atom. The van der Waals surface area contributed by atoms with Gasteiger partial charge in [-0.2, -0.15) is 0 Å². The van der Waals surface area contributed by atoms with Crippen molar-refractivity contribution in [3.8, 4) is 0 Å². The number of benzene rings is 1. The lowest BCUT2D eigenvalue weighted by Crippen LogP contribution is -2.37. The Labute approximate surface area is 117 Å². The number of carbonyl (C=O) groups excluding carboxylic acids is 1. The highest BCUT2D eigenvalue weighted by Crippen LogP contribution is 2.14. The molecule has 0 spiro atoms. The second-order valence-electron chi connectivity index (χ2n) is 6.00. The van der Waals surface area contributed by atoms with Crippen LogP contribution in [0.4, 0.5) is 0 Å².